The van der Waals surface area contributed by atoms with E-state index >= 15 is 0 Å². The molecule has 0 radical (unpaired) electrons. The normalized spacial score (nSPS) is 35.5. The van der Waals surface area contributed by atoms with Crippen LogP contribution in [0.2, 0.25) is 0 Å². The maximum atomic E-state index is 13.0. The molecule has 0 bridgehead atoms. The zero-order valence-corrected chi connectivity index (χ0v) is 20.5. The van der Waals surface area contributed by atoms with Crippen LogP contribution in [-0.2, 0) is 13.9 Å². The van der Waals surface area contributed by atoms with Gasteiger partial charge in [0.2, 0.25) is 0 Å². The van der Waals surface area contributed by atoms with Gasteiger partial charge in [0, 0.05) is 16.7 Å². The molecule has 3 rings (SSSR count). The van der Waals surface area contributed by atoms with Gasteiger partial charge in [0.25, 0.3) is 0 Å². The van der Waals surface area contributed by atoms with Gasteiger partial charge in [-0.05, 0) is 74.0 Å². The molecule has 0 spiro atoms. The molecule has 0 amide bonds. The van der Waals surface area contributed by atoms with Crippen molar-refractivity contribution in [2.24, 2.45) is 35.0 Å². The molecule has 7 heteroatoms. The average Bonchev–Trinajstić information content (AvgIpc) is 3.06. The topological polar surface area (TPSA) is 71.4 Å². The molecule has 4 nitrogen and oxygen atoms in total. The average molecular weight is 463 g/mol. The molecular formula is C23H39FO4S2. The van der Waals surface area contributed by atoms with Crippen molar-refractivity contribution in [1.82, 2.24) is 0 Å². The number of hydrogen-bond donors (Lipinski definition) is 1. The van der Waals surface area contributed by atoms with E-state index in [1.807, 2.05) is 13.8 Å². The number of rotatable bonds is 8. The molecule has 0 aromatic rings. The van der Waals surface area contributed by atoms with Crippen LogP contribution < -0.4 is 0 Å². The minimum atomic E-state index is -4.18. The Balaban J connectivity index is 0.00000155. The van der Waals surface area contributed by atoms with Crippen molar-refractivity contribution < 1.29 is 22.2 Å². The van der Waals surface area contributed by atoms with Crippen LogP contribution >= 0.6 is 10.8 Å². The second kappa shape index (κ2) is 11.0. The Morgan fingerprint density at radius 1 is 1.27 bits per heavy atom. The van der Waals surface area contributed by atoms with E-state index < -0.39 is 9.15 Å². The second-order valence-electron chi connectivity index (χ2n) is 9.11. The first-order valence-electron chi connectivity index (χ1n) is 11.6. The van der Waals surface area contributed by atoms with Crippen molar-refractivity contribution in [3.8, 4) is 0 Å². The minimum absolute atomic E-state index is 0.0411. The highest BCUT2D eigenvalue weighted by atomic mass is 33.1. The Hall–Kier alpha value is -0.400. The molecular weight excluding hydrogens is 423 g/mol. The van der Waals surface area contributed by atoms with Gasteiger partial charge in [-0.1, -0.05) is 45.8 Å². The highest BCUT2D eigenvalue weighted by molar-refractivity contribution is 8.70. The van der Waals surface area contributed by atoms with E-state index in [0.29, 0.717) is 40.9 Å². The van der Waals surface area contributed by atoms with Crippen LogP contribution in [0.15, 0.2) is 11.6 Å². The van der Waals surface area contributed by atoms with Crippen LogP contribution in [0, 0.1) is 35.0 Å². The van der Waals surface area contributed by atoms with Crippen LogP contribution in [0.5, 0.6) is 0 Å². The van der Waals surface area contributed by atoms with Crippen molar-refractivity contribution in [1.29, 1.82) is 0 Å². The Morgan fingerprint density at radius 2 is 1.97 bits per heavy atom. The zero-order chi connectivity index (χ0) is 22.5. The molecule has 3 aliphatic carbocycles. The van der Waals surface area contributed by atoms with E-state index in [4.69, 9.17) is 4.55 Å². The first-order valence-corrected chi connectivity index (χ1v) is 14.5. The first-order chi connectivity index (χ1) is 14.2. The molecule has 2 fully saturated rings. The maximum absolute atomic E-state index is 13.0. The summed E-state index contributed by atoms with van der Waals surface area (Å²) < 4.78 is 44.0. The standard InChI is InChI=1S/C21H33FO4S2.C2H6/c1-3-4-15-14(10-12-22)5-6-17-16(15)9-11-21(2)18(17)7-8-19(21)20(23)13-27-28(24,25)26;1-2/h5,15-19H,3-4,6-13H2,1-2H3,(H,24,25,26);1-2H3. The summed E-state index contributed by atoms with van der Waals surface area (Å²) in [5.74, 6) is 1.76. The summed E-state index contributed by atoms with van der Waals surface area (Å²) >= 11 is 0. The molecule has 6 atom stereocenters. The van der Waals surface area contributed by atoms with E-state index in [1.54, 1.807) is 0 Å². The minimum Gasteiger partial charge on any atom is -0.298 e. The molecule has 0 aromatic carbocycles. The van der Waals surface area contributed by atoms with Gasteiger partial charge in [-0.3, -0.25) is 13.7 Å². The van der Waals surface area contributed by atoms with E-state index in [-0.39, 0.29) is 29.5 Å². The van der Waals surface area contributed by atoms with Crippen LogP contribution in [0.3, 0.4) is 0 Å². The summed E-state index contributed by atoms with van der Waals surface area (Å²) in [6.45, 7) is 8.13. The smallest absolute Gasteiger partial charge is 0.298 e. The highest BCUT2D eigenvalue weighted by Gasteiger charge is 2.56. The molecule has 2 saturated carbocycles. The Labute approximate surface area is 186 Å². The molecule has 174 valence electrons. The van der Waals surface area contributed by atoms with E-state index in [1.165, 1.54) is 5.57 Å². The Morgan fingerprint density at radius 3 is 2.57 bits per heavy atom. The van der Waals surface area contributed by atoms with E-state index in [0.717, 1.165) is 44.9 Å². The van der Waals surface area contributed by atoms with Gasteiger partial charge < -0.3 is 0 Å². The number of fused-ring (bicyclic) bond motifs is 3. The van der Waals surface area contributed by atoms with Gasteiger partial charge in [0.15, 0.2) is 0 Å². The lowest BCUT2D eigenvalue weighted by Gasteiger charge is -2.52. The number of alkyl halides is 1. The third-order valence-electron chi connectivity index (χ3n) is 7.86. The quantitative estimate of drug-likeness (QED) is 0.261. The third-order valence-corrected chi connectivity index (χ3v) is 9.81. The summed E-state index contributed by atoms with van der Waals surface area (Å²) in [6, 6.07) is 0. The third kappa shape index (κ3) is 5.50. The summed E-state index contributed by atoms with van der Waals surface area (Å²) in [6.07, 6.45) is 9.93. The summed E-state index contributed by atoms with van der Waals surface area (Å²) in [7, 11) is -3.85. The molecule has 30 heavy (non-hydrogen) atoms. The molecule has 0 aliphatic heterocycles. The van der Waals surface area contributed by atoms with Gasteiger partial charge in [0.1, 0.15) is 5.78 Å². The van der Waals surface area contributed by atoms with Crippen LogP contribution in [-0.4, -0.2) is 31.2 Å². The number of ketones is 1. The van der Waals surface area contributed by atoms with Crippen LogP contribution in [0.25, 0.3) is 0 Å². The number of allylic oxidation sites excluding steroid dienone is 2. The fraction of sp³-hybridized carbons (Fsp3) is 0.870. The predicted octanol–water partition coefficient (Wildman–Crippen LogP) is 6.28. The van der Waals surface area contributed by atoms with E-state index in [9.17, 15) is 17.6 Å². The fourth-order valence-electron chi connectivity index (χ4n) is 6.74. The number of hydrogen-bond acceptors (Lipinski definition) is 4. The summed E-state index contributed by atoms with van der Waals surface area (Å²) in [4.78, 5) is 12.8. The Bertz CT molecular complexity index is 721. The van der Waals surface area contributed by atoms with Gasteiger partial charge in [-0.2, -0.15) is 8.42 Å². The number of carbonyl (C=O) groups is 1. The molecule has 0 aromatic heterocycles. The monoisotopic (exact) mass is 462 g/mol. The van der Waals surface area contributed by atoms with E-state index in [2.05, 4.69) is 19.9 Å². The van der Waals surface area contributed by atoms with Crippen molar-refractivity contribution >= 4 is 25.7 Å². The summed E-state index contributed by atoms with van der Waals surface area (Å²) in [5, 5.41) is 0. The summed E-state index contributed by atoms with van der Waals surface area (Å²) in [5.41, 5.74) is 1.23. The lowest BCUT2D eigenvalue weighted by Crippen LogP contribution is -2.46. The molecule has 3 aliphatic rings. The second-order valence-corrected chi connectivity index (χ2v) is 12.5. The SMILES string of the molecule is CC.CCCC1C(CCF)=CCC2C1CCC1(C)C(C(=O)CSS(=O)(=O)O)CCC21. The molecule has 0 heterocycles. The van der Waals surface area contributed by atoms with Crippen molar-refractivity contribution in [3.05, 3.63) is 11.6 Å². The predicted molar refractivity (Wildman–Crippen MR) is 123 cm³/mol. The van der Waals surface area contributed by atoms with Crippen molar-refractivity contribution in [3.63, 3.8) is 0 Å². The zero-order valence-electron chi connectivity index (χ0n) is 18.9. The lowest BCUT2D eigenvalue weighted by molar-refractivity contribution is -0.126. The molecule has 1 N–H and O–H groups in total. The van der Waals surface area contributed by atoms with Gasteiger partial charge in [0.05, 0.1) is 12.4 Å². The largest absolute Gasteiger partial charge is 0.320 e. The molecule has 0 saturated heterocycles. The van der Waals surface area contributed by atoms with Crippen LogP contribution in [0.4, 0.5) is 4.39 Å². The van der Waals surface area contributed by atoms with Crippen molar-refractivity contribution in [2.45, 2.75) is 79.1 Å². The lowest BCUT2D eigenvalue weighted by atomic mass is 9.52. The van der Waals surface area contributed by atoms with Gasteiger partial charge in [-0.15, -0.1) is 0 Å². The number of carbonyl (C=O) groups excluding carboxylic acids is 1. The van der Waals surface area contributed by atoms with Gasteiger partial charge >= 0.3 is 9.15 Å². The highest BCUT2D eigenvalue weighted by Crippen LogP contribution is 2.63. The fourth-order valence-corrected chi connectivity index (χ4v) is 8.00. The number of halogens is 1. The van der Waals surface area contributed by atoms with Crippen LogP contribution in [0.1, 0.15) is 79.1 Å². The van der Waals surface area contributed by atoms with Crippen molar-refractivity contribution in [2.75, 3.05) is 12.4 Å². The number of Topliss-reactive ketones (excluding diaryl/α,β-unsaturated/α-hetero) is 1. The Kier molecular flexibility index (Phi) is 9.44. The first kappa shape index (κ1) is 25.9. The van der Waals surface area contributed by atoms with Gasteiger partial charge in [-0.25, -0.2) is 0 Å². The maximum Gasteiger partial charge on any atom is 0.320 e. The molecule has 6 unspecified atom stereocenters.